The minimum absolute atomic E-state index is 0.0181. The molecule has 0 unspecified atom stereocenters. The summed E-state index contributed by atoms with van der Waals surface area (Å²) in [6.45, 7) is 5.91. The van der Waals surface area contributed by atoms with Crippen LogP contribution < -0.4 is 0 Å². The number of amides is 1. The van der Waals surface area contributed by atoms with Crippen molar-refractivity contribution in [3.05, 3.63) is 10.4 Å². The Kier molecular flexibility index (Phi) is 2.91. The van der Waals surface area contributed by atoms with Crippen molar-refractivity contribution >= 4 is 6.09 Å². The number of rotatable bonds is 2. The van der Waals surface area contributed by atoms with Gasteiger partial charge in [0.05, 0.1) is 0 Å². The Balaban J connectivity index is 2.01. The number of hydrogen-bond acceptors (Lipinski definition) is 3. The molecule has 6 nitrogen and oxygen atoms in total. The Morgan fingerprint density at radius 2 is 2.24 bits per heavy atom. The summed E-state index contributed by atoms with van der Waals surface area (Å²) in [5, 5.41) is 3.57. The fourth-order valence-electron chi connectivity index (χ4n) is 2.45. The van der Waals surface area contributed by atoms with E-state index < -0.39 is 5.60 Å². The molecule has 2 fully saturated rings. The van der Waals surface area contributed by atoms with Crippen molar-refractivity contribution in [2.75, 3.05) is 6.54 Å². The van der Waals surface area contributed by atoms with Crippen molar-refractivity contribution < 1.29 is 9.53 Å². The molecule has 0 N–H and O–H groups in total. The van der Waals surface area contributed by atoms with Crippen LogP contribution in [0.15, 0.2) is 5.11 Å². The lowest BCUT2D eigenvalue weighted by Crippen LogP contribution is -2.43. The first-order valence-corrected chi connectivity index (χ1v) is 5.94. The van der Waals surface area contributed by atoms with Gasteiger partial charge in [-0.2, -0.15) is 0 Å². The average Bonchev–Trinajstić information content (AvgIpc) is 2.84. The minimum atomic E-state index is -0.479. The summed E-state index contributed by atoms with van der Waals surface area (Å²) in [5.41, 5.74) is 7.86. The molecule has 3 atom stereocenters. The summed E-state index contributed by atoms with van der Waals surface area (Å²) < 4.78 is 5.38. The zero-order valence-corrected chi connectivity index (χ0v) is 10.5. The predicted molar refractivity (Wildman–Crippen MR) is 62.4 cm³/mol. The van der Waals surface area contributed by atoms with Gasteiger partial charge >= 0.3 is 6.09 Å². The Labute approximate surface area is 101 Å². The van der Waals surface area contributed by atoms with Gasteiger partial charge in [-0.3, -0.25) is 0 Å². The predicted octanol–water partition coefficient (Wildman–Crippen LogP) is 2.69. The molecule has 94 valence electrons. The molecule has 1 aliphatic carbocycles. The summed E-state index contributed by atoms with van der Waals surface area (Å²) in [7, 11) is 0. The molecule has 1 heterocycles. The lowest BCUT2D eigenvalue weighted by atomic mass is 10.2. The molecule has 2 rings (SSSR count). The first kappa shape index (κ1) is 12.0. The smallest absolute Gasteiger partial charge is 0.410 e. The van der Waals surface area contributed by atoms with E-state index in [1.165, 1.54) is 0 Å². The third kappa shape index (κ3) is 2.64. The maximum atomic E-state index is 12.0. The van der Waals surface area contributed by atoms with E-state index in [9.17, 15) is 4.79 Å². The number of ether oxygens (including phenoxy) is 1. The summed E-state index contributed by atoms with van der Waals surface area (Å²) in [4.78, 5) is 16.6. The highest BCUT2D eigenvalue weighted by molar-refractivity contribution is 5.70. The van der Waals surface area contributed by atoms with Crippen molar-refractivity contribution in [1.29, 1.82) is 0 Å². The van der Waals surface area contributed by atoms with E-state index in [0.29, 0.717) is 18.5 Å². The Hall–Kier alpha value is -1.42. The zero-order chi connectivity index (χ0) is 12.6. The van der Waals surface area contributed by atoms with Crippen molar-refractivity contribution in [2.24, 2.45) is 11.0 Å². The molecule has 0 aromatic carbocycles. The molecule has 1 saturated heterocycles. The van der Waals surface area contributed by atoms with E-state index in [4.69, 9.17) is 10.3 Å². The van der Waals surface area contributed by atoms with Crippen LogP contribution in [0.4, 0.5) is 4.79 Å². The largest absolute Gasteiger partial charge is 0.444 e. The number of hydrogen-bond donors (Lipinski definition) is 0. The summed E-state index contributed by atoms with van der Waals surface area (Å²) in [5.74, 6) is 0.585. The number of carbonyl (C=O) groups excluding carboxylic acids is 1. The summed E-state index contributed by atoms with van der Waals surface area (Å²) in [6, 6.07) is 0.327. The van der Waals surface area contributed by atoms with Gasteiger partial charge < -0.3 is 9.64 Å². The SMILES string of the molecule is CC(C)(C)OC(=O)N1[C@H](CN=[N+]=[N-])C[C@H]2C[C@H]21. The molecular formula is C11H18N4O2. The Morgan fingerprint density at radius 3 is 2.82 bits per heavy atom. The second kappa shape index (κ2) is 4.11. The number of likely N-dealkylation sites (tertiary alicyclic amines) is 1. The second-order valence-electron chi connectivity index (χ2n) is 5.75. The molecule has 1 aliphatic heterocycles. The van der Waals surface area contributed by atoms with Crippen LogP contribution in [-0.2, 0) is 4.74 Å². The number of azide groups is 1. The van der Waals surface area contributed by atoms with E-state index in [-0.39, 0.29) is 12.1 Å². The van der Waals surface area contributed by atoms with Crippen molar-refractivity contribution in [2.45, 2.75) is 51.3 Å². The highest BCUT2D eigenvalue weighted by atomic mass is 16.6. The van der Waals surface area contributed by atoms with Gasteiger partial charge in [-0.1, -0.05) is 5.11 Å². The maximum Gasteiger partial charge on any atom is 0.410 e. The first-order valence-electron chi connectivity index (χ1n) is 5.94. The first-order chi connectivity index (χ1) is 7.92. The minimum Gasteiger partial charge on any atom is -0.444 e. The van der Waals surface area contributed by atoms with Crippen LogP contribution in [0.1, 0.15) is 33.6 Å². The van der Waals surface area contributed by atoms with Gasteiger partial charge in [-0.25, -0.2) is 4.79 Å². The third-order valence-corrected chi connectivity index (χ3v) is 3.17. The zero-order valence-electron chi connectivity index (χ0n) is 10.5. The van der Waals surface area contributed by atoms with Gasteiger partial charge in [0.25, 0.3) is 0 Å². The molecule has 1 saturated carbocycles. The quantitative estimate of drug-likeness (QED) is 0.421. The second-order valence-corrected chi connectivity index (χ2v) is 5.75. The standard InChI is InChI=1S/C11H18N4O2/c1-11(2,3)17-10(16)15-8(6-13-14-12)4-7-5-9(7)15/h7-9H,4-6H2,1-3H3/t7-,8-,9+/m0/s1. The molecule has 1 amide bonds. The third-order valence-electron chi connectivity index (χ3n) is 3.17. The average molecular weight is 238 g/mol. The van der Waals surface area contributed by atoms with Gasteiger partial charge in [0, 0.05) is 23.5 Å². The van der Waals surface area contributed by atoms with Crippen LogP contribution in [0.3, 0.4) is 0 Å². The number of carbonyl (C=O) groups is 1. The molecule has 17 heavy (non-hydrogen) atoms. The van der Waals surface area contributed by atoms with E-state index in [1.54, 1.807) is 4.90 Å². The van der Waals surface area contributed by atoms with Crippen LogP contribution in [0.2, 0.25) is 0 Å². The van der Waals surface area contributed by atoms with E-state index in [0.717, 1.165) is 12.8 Å². The van der Waals surface area contributed by atoms with Gasteiger partial charge in [0.15, 0.2) is 0 Å². The maximum absolute atomic E-state index is 12.0. The van der Waals surface area contributed by atoms with E-state index >= 15 is 0 Å². The lowest BCUT2D eigenvalue weighted by Gasteiger charge is -2.29. The van der Waals surface area contributed by atoms with Crippen LogP contribution in [0, 0.1) is 5.92 Å². The highest BCUT2D eigenvalue weighted by Gasteiger charge is 2.54. The lowest BCUT2D eigenvalue weighted by molar-refractivity contribution is 0.0191. The molecule has 0 aromatic heterocycles. The topological polar surface area (TPSA) is 78.3 Å². The van der Waals surface area contributed by atoms with Gasteiger partial charge in [-0.15, -0.1) is 0 Å². The molecule has 6 heteroatoms. The monoisotopic (exact) mass is 238 g/mol. The fourth-order valence-corrected chi connectivity index (χ4v) is 2.45. The Morgan fingerprint density at radius 1 is 1.53 bits per heavy atom. The molecule has 0 spiro atoms. The van der Waals surface area contributed by atoms with Crippen LogP contribution >= 0.6 is 0 Å². The highest BCUT2D eigenvalue weighted by Crippen LogP contribution is 2.48. The van der Waals surface area contributed by atoms with E-state index in [1.807, 2.05) is 20.8 Å². The number of piperidine rings is 1. The number of nitrogens with zero attached hydrogens (tertiary/aromatic N) is 4. The van der Waals surface area contributed by atoms with Crippen LogP contribution in [0.25, 0.3) is 10.4 Å². The van der Waals surface area contributed by atoms with Crippen molar-refractivity contribution in [3.8, 4) is 0 Å². The molecule has 0 bridgehead atoms. The molecule has 2 aliphatic rings. The van der Waals surface area contributed by atoms with Gasteiger partial charge in [0.2, 0.25) is 0 Å². The van der Waals surface area contributed by atoms with E-state index in [2.05, 4.69) is 10.0 Å². The van der Waals surface area contributed by atoms with Crippen molar-refractivity contribution in [1.82, 2.24) is 4.90 Å². The molecular weight excluding hydrogens is 220 g/mol. The summed E-state index contributed by atoms with van der Waals surface area (Å²) >= 11 is 0. The normalized spacial score (nSPS) is 30.5. The van der Waals surface area contributed by atoms with Gasteiger partial charge in [-0.05, 0) is 45.1 Å². The Bertz CT molecular complexity index is 370. The van der Waals surface area contributed by atoms with Crippen molar-refractivity contribution in [3.63, 3.8) is 0 Å². The summed E-state index contributed by atoms with van der Waals surface area (Å²) in [6.07, 6.45) is 1.72. The molecule has 0 aromatic rings. The van der Waals surface area contributed by atoms with Gasteiger partial charge in [0.1, 0.15) is 5.60 Å². The molecule has 0 radical (unpaired) electrons. The van der Waals surface area contributed by atoms with Crippen LogP contribution in [-0.4, -0.2) is 35.2 Å². The number of fused-ring (bicyclic) bond motifs is 1. The van der Waals surface area contributed by atoms with Crippen LogP contribution in [0.5, 0.6) is 0 Å². The fraction of sp³-hybridized carbons (Fsp3) is 0.909.